The highest BCUT2D eigenvalue weighted by Crippen LogP contribution is 2.40. The van der Waals surface area contributed by atoms with Crippen LogP contribution in [-0.2, 0) is 80.1 Å². The van der Waals surface area contributed by atoms with Gasteiger partial charge in [-0.25, -0.2) is 51.9 Å². The van der Waals surface area contributed by atoms with E-state index in [0.29, 0.717) is 5.41 Å². The molecular formula is C17H18F12N6O8S4. The van der Waals surface area contributed by atoms with Crippen LogP contribution in [0.1, 0.15) is 11.6 Å². The topological polar surface area (TPSA) is 182 Å². The first-order chi connectivity index (χ1) is 20.6. The third-order valence-electron chi connectivity index (χ3n) is 6.06. The average molecular weight is 791 g/mol. The van der Waals surface area contributed by atoms with Crippen LogP contribution in [0.25, 0.3) is 8.25 Å². The lowest BCUT2D eigenvalue weighted by molar-refractivity contribution is -0.679. The summed E-state index contributed by atoms with van der Waals surface area (Å²) in [4.78, 5) is 0. The number of fused-ring (bicyclic) bond motifs is 2. The molecule has 0 aromatic carbocycles. The molecule has 4 rings (SSSR count). The number of sulfonamides is 4. The highest BCUT2D eigenvalue weighted by atomic mass is 32.3. The van der Waals surface area contributed by atoms with Crippen LogP contribution in [0.5, 0.6) is 0 Å². The molecule has 0 aliphatic carbocycles. The summed E-state index contributed by atoms with van der Waals surface area (Å²) in [5, 5.41) is 0. The first-order valence-corrected chi connectivity index (χ1v) is 17.2. The molecule has 30 heteroatoms. The Hall–Kier alpha value is -2.70. The summed E-state index contributed by atoms with van der Waals surface area (Å²) in [7, 11) is -22.6. The lowest BCUT2D eigenvalue weighted by Crippen LogP contribution is -2.34. The molecule has 0 saturated heterocycles. The minimum atomic E-state index is -6.72. The molecule has 0 radical (unpaired) electrons. The van der Waals surface area contributed by atoms with E-state index in [4.69, 9.17) is 0 Å². The van der Waals surface area contributed by atoms with E-state index >= 15 is 0 Å². The van der Waals surface area contributed by atoms with E-state index in [1.165, 1.54) is 37.6 Å². The normalized spacial score (nSPS) is 17.0. The van der Waals surface area contributed by atoms with Crippen molar-refractivity contribution in [2.24, 2.45) is 19.5 Å². The molecule has 4 heterocycles. The van der Waals surface area contributed by atoms with Gasteiger partial charge >= 0.3 is 22.0 Å². The average Bonchev–Trinajstić information content (AvgIpc) is 3.54. The number of aromatic nitrogens is 4. The first kappa shape index (κ1) is 40.5. The van der Waals surface area contributed by atoms with E-state index in [1.807, 2.05) is 0 Å². The van der Waals surface area contributed by atoms with Crippen LogP contribution in [0, 0.1) is 5.41 Å². The summed E-state index contributed by atoms with van der Waals surface area (Å²) in [5.41, 5.74) is -24.4. The Kier molecular flexibility index (Phi) is 10.6. The monoisotopic (exact) mass is 790 g/mol. The molecule has 2 aliphatic heterocycles. The quantitative estimate of drug-likeness (QED) is 0.332. The molecule has 2 aliphatic rings. The van der Waals surface area contributed by atoms with Gasteiger partial charge in [-0.2, -0.15) is 52.7 Å². The molecule has 14 nitrogen and oxygen atoms in total. The van der Waals surface area contributed by atoms with Crippen molar-refractivity contribution in [1.29, 1.82) is 0 Å². The molecule has 0 atom stereocenters. The predicted molar refractivity (Wildman–Crippen MR) is 128 cm³/mol. The maximum atomic E-state index is 11.4. The Morgan fingerprint density at radius 3 is 0.979 bits per heavy atom. The second-order valence-electron chi connectivity index (χ2n) is 9.59. The second-order valence-corrected chi connectivity index (χ2v) is 16.4. The fraction of sp³-hybridized carbons (Fsp3) is 0.647. The largest absolute Gasteiger partial charge is 0.480 e. The molecule has 0 saturated carbocycles. The van der Waals surface area contributed by atoms with Crippen LogP contribution in [0.15, 0.2) is 24.8 Å². The highest BCUT2D eigenvalue weighted by molar-refractivity contribution is 8.13. The van der Waals surface area contributed by atoms with Gasteiger partial charge in [0.05, 0.1) is 32.4 Å². The number of hydrogen-bond donors (Lipinski definition) is 0. The van der Waals surface area contributed by atoms with Gasteiger partial charge in [0.15, 0.2) is 40.1 Å². The van der Waals surface area contributed by atoms with Gasteiger partial charge in [-0.05, 0) is 0 Å². The van der Waals surface area contributed by atoms with E-state index < -0.39 is 62.1 Å². The zero-order valence-electron chi connectivity index (χ0n) is 22.8. The summed E-state index contributed by atoms with van der Waals surface area (Å²) in [5.74, 6) is 2.94. The third-order valence-corrected chi connectivity index (χ3v) is 11.5. The third kappa shape index (κ3) is 8.86. The summed E-state index contributed by atoms with van der Waals surface area (Å²) in [6, 6.07) is 0. The molecule has 47 heavy (non-hydrogen) atoms. The van der Waals surface area contributed by atoms with Crippen LogP contribution in [0.4, 0.5) is 52.7 Å². The van der Waals surface area contributed by atoms with Gasteiger partial charge in [-0.1, -0.05) is 0 Å². The number of halogens is 12. The fourth-order valence-electron chi connectivity index (χ4n) is 4.01. The Bertz CT molecular complexity index is 1700. The van der Waals surface area contributed by atoms with Crippen LogP contribution in [0.2, 0.25) is 0 Å². The summed E-state index contributed by atoms with van der Waals surface area (Å²) >= 11 is 0. The van der Waals surface area contributed by atoms with E-state index in [-0.39, 0.29) is 0 Å². The lowest BCUT2D eigenvalue weighted by atomic mass is 9.85. The SMILES string of the molecule is C[n+]1ccn2c1CC1(Cc3n(cc[n+]3C)C1)C2.O=S(=O)([N-]S(=O)(=O)C(F)(F)F)C(F)(F)F.O=S(=O)([N-]S(=O)(=O)C(F)(F)F)C(F)(F)F. The molecule has 272 valence electrons. The molecule has 2 aromatic heterocycles. The fourth-order valence-corrected chi connectivity index (χ4v) is 7.43. The van der Waals surface area contributed by atoms with Crippen molar-refractivity contribution in [1.82, 2.24) is 9.13 Å². The first-order valence-electron chi connectivity index (χ1n) is 11.4. The standard InChI is InChI=1S/C13H18N4.2C2F6NO4S2/c1-14-3-5-16-9-13(7-11(14)16)8-12-15(2)4-6-17(12)10-13;2*3-1(4,5)14(10,11)9-15(12,13)2(6,7)8/h3-6H,7-10H2,1-2H3;;/q+2;2*-1. The minimum Gasteiger partial charge on any atom is -0.421 e. The van der Waals surface area contributed by atoms with Crippen LogP contribution in [-0.4, -0.2) is 64.8 Å². The number of nitrogens with zero attached hydrogens (tertiary/aromatic N) is 6. The van der Waals surface area contributed by atoms with Gasteiger partial charge in [0.25, 0.3) is 11.6 Å². The Labute approximate surface area is 256 Å². The molecule has 0 N–H and O–H groups in total. The lowest BCUT2D eigenvalue weighted by Gasteiger charge is -2.22. The van der Waals surface area contributed by atoms with Crippen molar-refractivity contribution < 1.29 is 95.5 Å². The van der Waals surface area contributed by atoms with Crippen molar-refractivity contribution in [3.05, 3.63) is 44.7 Å². The van der Waals surface area contributed by atoms with Gasteiger partial charge in [0.1, 0.15) is 37.9 Å². The molecule has 1 spiro atoms. The molecule has 0 fully saturated rings. The van der Waals surface area contributed by atoms with Gasteiger partial charge in [-0.3, -0.25) is 0 Å². The van der Waals surface area contributed by atoms with Gasteiger partial charge in [-0.15, -0.1) is 0 Å². The number of alkyl halides is 12. The van der Waals surface area contributed by atoms with Crippen molar-refractivity contribution >= 4 is 40.1 Å². The Balaban J connectivity index is 0.000000247. The molecule has 0 amide bonds. The second kappa shape index (κ2) is 12.3. The zero-order valence-corrected chi connectivity index (χ0v) is 26.0. The Morgan fingerprint density at radius 1 is 0.553 bits per heavy atom. The van der Waals surface area contributed by atoms with Crippen molar-refractivity contribution in [2.45, 2.75) is 48.0 Å². The maximum absolute atomic E-state index is 11.4. The van der Waals surface area contributed by atoms with Gasteiger partial charge < -0.3 is 8.25 Å². The van der Waals surface area contributed by atoms with E-state index in [1.54, 1.807) is 0 Å². The highest BCUT2D eigenvalue weighted by Gasteiger charge is 2.52. The van der Waals surface area contributed by atoms with E-state index in [0.717, 1.165) is 8.25 Å². The van der Waals surface area contributed by atoms with Crippen molar-refractivity contribution in [3.63, 3.8) is 0 Å². The minimum absolute atomic E-state index is 0.433. The summed E-state index contributed by atoms with van der Waals surface area (Å²) in [6.45, 7) is 2.34. The molecular weight excluding hydrogens is 772 g/mol. The predicted octanol–water partition coefficient (Wildman–Crippen LogP) is 1.86. The van der Waals surface area contributed by atoms with Crippen LogP contribution in [0.3, 0.4) is 0 Å². The number of hydrogen-bond acceptors (Lipinski definition) is 8. The maximum Gasteiger partial charge on any atom is 0.480 e. The summed E-state index contributed by atoms with van der Waals surface area (Å²) < 4.78 is 228. The van der Waals surface area contributed by atoms with Gasteiger partial charge in [0, 0.05) is 0 Å². The van der Waals surface area contributed by atoms with Crippen LogP contribution < -0.4 is 9.13 Å². The number of rotatable bonds is 4. The summed E-state index contributed by atoms with van der Waals surface area (Å²) in [6.07, 6.45) is 11.2. The van der Waals surface area contributed by atoms with E-state index in [2.05, 4.69) is 57.2 Å². The number of aryl methyl sites for hydroxylation is 2. The van der Waals surface area contributed by atoms with Crippen molar-refractivity contribution in [2.75, 3.05) is 0 Å². The smallest absolute Gasteiger partial charge is 0.421 e. The van der Waals surface area contributed by atoms with Gasteiger partial charge in [0.2, 0.25) is 0 Å². The van der Waals surface area contributed by atoms with Crippen LogP contribution >= 0.6 is 0 Å². The number of imidazole rings is 2. The van der Waals surface area contributed by atoms with Crippen molar-refractivity contribution in [3.8, 4) is 0 Å². The Morgan fingerprint density at radius 2 is 0.787 bits per heavy atom. The zero-order chi connectivity index (χ0) is 37.0. The van der Waals surface area contributed by atoms with E-state index in [9.17, 15) is 86.4 Å². The molecule has 2 aromatic rings. The molecule has 0 bridgehead atoms. The molecule has 0 unspecified atom stereocenters.